The molecular weight excluding hydrogens is 491 g/mol. The van der Waals surface area contributed by atoms with Crippen molar-refractivity contribution in [2.24, 2.45) is 0 Å². The van der Waals surface area contributed by atoms with Gasteiger partial charge in [0.2, 0.25) is 5.91 Å². The van der Waals surface area contributed by atoms with Gasteiger partial charge < -0.3 is 9.84 Å². The fraction of sp³-hybridized carbons (Fsp3) is 0.280. The van der Waals surface area contributed by atoms with Crippen molar-refractivity contribution in [1.82, 2.24) is 15.4 Å². The number of carboxylic acid groups (broad SMARTS) is 1. The number of pyridine rings is 1. The van der Waals surface area contributed by atoms with Crippen LogP contribution in [-0.2, 0) is 20.9 Å². The van der Waals surface area contributed by atoms with Crippen LogP contribution < -0.4 is 10.7 Å². The summed E-state index contributed by atoms with van der Waals surface area (Å²) in [6, 6.07) is 13.0. The number of nitrogens with one attached hydrogen (secondary N) is 2. The van der Waals surface area contributed by atoms with Gasteiger partial charge in [-0.3, -0.25) is 19.9 Å². The molecule has 0 aliphatic carbocycles. The van der Waals surface area contributed by atoms with E-state index in [9.17, 15) is 18.8 Å². The van der Waals surface area contributed by atoms with Crippen molar-refractivity contribution >= 4 is 46.2 Å². The van der Waals surface area contributed by atoms with Crippen molar-refractivity contribution < 1.29 is 28.6 Å². The Balaban J connectivity index is 1.66. The van der Waals surface area contributed by atoms with Crippen LogP contribution in [0, 0.1) is 5.82 Å². The molecule has 190 valence electrons. The zero-order chi connectivity index (χ0) is 26.1. The van der Waals surface area contributed by atoms with Crippen LogP contribution in [-0.4, -0.2) is 45.7 Å². The molecule has 0 fully saturated rings. The highest BCUT2D eigenvalue weighted by molar-refractivity contribution is 6.30. The van der Waals surface area contributed by atoms with Gasteiger partial charge in [0, 0.05) is 37.0 Å². The number of fused-ring (bicyclic) bond motifs is 1. The van der Waals surface area contributed by atoms with Gasteiger partial charge in [0.1, 0.15) is 18.2 Å². The highest BCUT2D eigenvalue weighted by atomic mass is 35.5. The maximum atomic E-state index is 14.3. The van der Waals surface area contributed by atoms with E-state index >= 15 is 0 Å². The third kappa shape index (κ3) is 7.62. The predicted octanol–water partition coefficient (Wildman–Crippen LogP) is 4.75. The second kappa shape index (κ2) is 12.8. The number of amides is 2. The Bertz CT molecular complexity index is 1240. The standard InChI is InChI=1S/C25H26ClFN4O5/c1-16(32)31(29-14-19-8-4-10-21(26)24(19)27)20(9-5-11-23(33)34)15-36-25(35)30-22-12-17-6-2-3-7-18(17)13-28-22/h2-4,6-8,10,12-13,20,29H,5,9,11,14-15H2,1H3,(H,33,34)(H,28,30,35)/t20-/m0/s1. The first-order valence-corrected chi connectivity index (χ1v) is 11.6. The predicted molar refractivity (Wildman–Crippen MR) is 133 cm³/mol. The maximum Gasteiger partial charge on any atom is 0.412 e. The Hall–Kier alpha value is -3.76. The van der Waals surface area contributed by atoms with Crippen molar-refractivity contribution in [3.8, 4) is 0 Å². The molecule has 1 heterocycles. The lowest BCUT2D eigenvalue weighted by Crippen LogP contribution is -2.50. The Kier molecular flexibility index (Phi) is 9.54. The van der Waals surface area contributed by atoms with Crippen molar-refractivity contribution in [2.45, 2.75) is 38.8 Å². The molecule has 2 aromatic carbocycles. The summed E-state index contributed by atoms with van der Waals surface area (Å²) in [7, 11) is 0. The molecule has 1 atom stereocenters. The van der Waals surface area contributed by atoms with Crippen molar-refractivity contribution in [3.63, 3.8) is 0 Å². The minimum absolute atomic E-state index is 0.0519. The number of nitrogens with zero attached hydrogens (tertiary/aromatic N) is 2. The minimum Gasteiger partial charge on any atom is -0.481 e. The monoisotopic (exact) mass is 516 g/mol. The summed E-state index contributed by atoms with van der Waals surface area (Å²) in [6.45, 7) is 1.00. The molecule has 0 radical (unpaired) electrons. The zero-order valence-corrected chi connectivity index (χ0v) is 20.3. The van der Waals surface area contributed by atoms with E-state index in [1.165, 1.54) is 24.1 Å². The van der Waals surface area contributed by atoms with Crippen molar-refractivity contribution in [2.75, 3.05) is 11.9 Å². The van der Waals surface area contributed by atoms with E-state index in [0.29, 0.717) is 5.82 Å². The second-order valence-corrected chi connectivity index (χ2v) is 8.42. The van der Waals surface area contributed by atoms with E-state index in [-0.39, 0.29) is 43.0 Å². The highest BCUT2D eigenvalue weighted by Crippen LogP contribution is 2.19. The number of aliphatic carboxylic acids is 1. The summed E-state index contributed by atoms with van der Waals surface area (Å²) in [5, 5.41) is 14.5. The van der Waals surface area contributed by atoms with Crippen LogP contribution in [0.3, 0.4) is 0 Å². The lowest BCUT2D eigenvalue weighted by atomic mass is 10.1. The average molecular weight is 517 g/mol. The number of rotatable bonds is 11. The van der Waals surface area contributed by atoms with Crippen LogP contribution in [0.15, 0.2) is 54.7 Å². The Morgan fingerprint density at radius 2 is 1.92 bits per heavy atom. The molecule has 11 heteroatoms. The molecule has 0 aliphatic heterocycles. The number of carbonyl (C=O) groups is 3. The van der Waals surface area contributed by atoms with E-state index in [0.717, 1.165) is 10.8 Å². The third-order valence-electron chi connectivity index (χ3n) is 5.37. The molecule has 36 heavy (non-hydrogen) atoms. The molecule has 3 rings (SSSR count). The number of hydrazine groups is 1. The molecule has 0 saturated heterocycles. The minimum atomic E-state index is -0.988. The zero-order valence-electron chi connectivity index (χ0n) is 19.5. The quantitative estimate of drug-likeness (QED) is 0.314. The number of anilines is 1. The number of benzene rings is 2. The average Bonchev–Trinajstić information content (AvgIpc) is 2.84. The molecule has 1 aromatic heterocycles. The molecule has 2 amide bonds. The van der Waals surface area contributed by atoms with Crippen LogP contribution in [0.2, 0.25) is 5.02 Å². The van der Waals surface area contributed by atoms with Gasteiger partial charge in [-0.25, -0.2) is 19.6 Å². The first-order valence-electron chi connectivity index (χ1n) is 11.2. The molecule has 3 aromatic rings. The van der Waals surface area contributed by atoms with Crippen LogP contribution >= 0.6 is 11.6 Å². The fourth-order valence-corrected chi connectivity index (χ4v) is 3.79. The summed E-state index contributed by atoms with van der Waals surface area (Å²) in [6.07, 6.45) is 1.16. The normalized spacial score (nSPS) is 11.6. The Morgan fingerprint density at radius 3 is 2.64 bits per heavy atom. The van der Waals surface area contributed by atoms with E-state index in [2.05, 4.69) is 15.7 Å². The first kappa shape index (κ1) is 26.8. The molecule has 3 N–H and O–H groups in total. The number of carbonyl (C=O) groups excluding carboxylic acids is 2. The third-order valence-corrected chi connectivity index (χ3v) is 5.66. The first-order chi connectivity index (χ1) is 17.2. The molecule has 0 aliphatic rings. The van der Waals surface area contributed by atoms with Gasteiger partial charge in [-0.1, -0.05) is 48.0 Å². The SMILES string of the molecule is CC(=O)N(NCc1cccc(Cl)c1F)[C@@H](CCCC(=O)O)COC(=O)Nc1cc2ccccc2cn1. The van der Waals surface area contributed by atoms with Gasteiger partial charge in [-0.05, 0) is 30.4 Å². The number of hydrogen-bond acceptors (Lipinski definition) is 6. The maximum absolute atomic E-state index is 14.3. The molecule has 0 saturated carbocycles. The smallest absolute Gasteiger partial charge is 0.412 e. The number of halogens is 2. The number of carboxylic acids is 1. The van der Waals surface area contributed by atoms with Gasteiger partial charge in [0.15, 0.2) is 0 Å². The number of aromatic nitrogens is 1. The van der Waals surface area contributed by atoms with Gasteiger partial charge in [0.25, 0.3) is 0 Å². The summed E-state index contributed by atoms with van der Waals surface area (Å²) in [5.74, 6) is -1.73. The Morgan fingerprint density at radius 1 is 1.17 bits per heavy atom. The topological polar surface area (TPSA) is 121 Å². The van der Waals surface area contributed by atoms with E-state index in [4.69, 9.17) is 21.4 Å². The molecule has 0 spiro atoms. The Labute approximate surface area is 212 Å². The highest BCUT2D eigenvalue weighted by Gasteiger charge is 2.24. The second-order valence-electron chi connectivity index (χ2n) is 8.02. The van der Waals surface area contributed by atoms with Gasteiger partial charge >= 0.3 is 12.1 Å². The van der Waals surface area contributed by atoms with Gasteiger partial charge in [0.05, 0.1) is 11.1 Å². The summed E-state index contributed by atoms with van der Waals surface area (Å²) >= 11 is 5.83. The van der Waals surface area contributed by atoms with Gasteiger partial charge in [-0.2, -0.15) is 0 Å². The van der Waals surface area contributed by atoms with E-state index in [1.54, 1.807) is 18.3 Å². The largest absolute Gasteiger partial charge is 0.481 e. The lowest BCUT2D eigenvalue weighted by molar-refractivity contribution is -0.137. The summed E-state index contributed by atoms with van der Waals surface area (Å²) < 4.78 is 19.6. The van der Waals surface area contributed by atoms with Crippen molar-refractivity contribution in [3.05, 3.63) is 71.1 Å². The van der Waals surface area contributed by atoms with Crippen LogP contribution in [0.25, 0.3) is 10.8 Å². The van der Waals surface area contributed by atoms with E-state index < -0.39 is 29.8 Å². The van der Waals surface area contributed by atoms with Crippen LogP contribution in [0.4, 0.5) is 15.0 Å². The molecule has 0 bridgehead atoms. The summed E-state index contributed by atoms with van der Waals surface area (Å²) in [4.78, 5) is 40.0. The number of ether oxygens (including phenoxy) is 1. The number of hydrogen-bond donors (Lipinski definition) is 3. The van der Waals surface area contributed by atoms with Crippen molar-refractivity contribution in [1.29, 1.82) is 0 Å². The summed E-state index contributed by atoms with van der Waals surface area (Å²) in [5.41, 5.74) is 3.08. The van der Waals surface area contributed by atoms with Gasteiger partial charge in [-0.15, -0.1) is 0 Å². The lowest BCUT2D eigenvalue weighted by Gasteiger charge is -2.31. The molecule has 9 nitrogen and oxygen atoms in total. The van der Waals surface area contributed by atoms with E-state index in [1.807, 2.05) is 24.3 Å². The van der Waals surface area contributed by atoms with Crippen LogP contribution in [0.1, 0.15) is 31.7 Å². The van der Waals surface area contributed by atoms with Crippen LogP contribution in [0.5, 0.6) is 0 Å². The molecular formula is C25H26ClFN4O5. The fourth-order valence-electron chi connectivity index (χ4n) is 3.59. The molecule has 0 unspecified atom stereocenters.